The van der Waals surface area contributed by atoms with Crippen LogP contribution in [0.3, 0.4) is 0 Å². The quantitative estimate of drug-likeness (QED) is 0.430. The van der Waals surface area contributed by atoms with Gasteiger partial charge in [-0.05, 0) is 25.4 Å². The molecule has 0 aliphatic rings. The molecule has 4 heteroatoms. The summed E-state index contributed by atoms with van der Waals surface area (Å²) in [5.41, 5.74) is 0. The topological polar surface area (TPSA) is 49.7 Å². The SMILES string of the molecule is C[SiH](O)CCCOCCCO. The molecule has 11 heavy (non-hydrogen) atoms. The van der Waals surface area contributed by atoms with Crippen LogP contribution in [0.5, 0.6) is 0 Å². The Balaban J connectivity index is 2.80. The van der Waals surface area contributed by atoms with Gasteiger partial charge in [-0.1, -0.05) is 0 Å². The van der Waals surface area contributed by atoms with Crippen molar-refractivity contribution in [1.29, 1.82) is 0 Å². The van der Waals surface area contributed by atoms with E-state index in [-0.39, 0.29) is 6.61 Å². The number of hydrogen-bond donors (Lipinski definition) is 2. The molecule has 0 amide bonds. The van der Waals surface area contributed by atoms with E-state index in [9.17, 15) is 0 Å². The monoisotopic (exact) mass is 178 g/mol. The molecule has 0 rings (SSSR count). The zero-order chi connectivity index (χ0) is 8.53. The van der Waals surface area contributed by atoms with E-state index in [4.69, 9.17) is 14.6 Å². The molecule has 0 radical (unpaired) electrons. The van der Waals surface area contributed by atoms with Gasteiger partial charge in [0.1, 0.15) is 0 Å². The maximum Gasteiger partial charge on any atom is 0.169 e. The van der Waals surface area contributed by atoms with Crippen LogP contribution in [0.1, 0.15) is 12.8 Å². The van der Waals surface area contributed by atoms with Crippen LogP contribution < -0.4 is 0 Å². The van der Waals surface area contributed by atoms with Gasteiger partial charge < -0.3 is 14.6 Å². The molecule has 0 aliphatic heterocycles. The largest absolute Gasteiger partial charge is 0.435 e. The predicted molar refractivity (Wildman–Crippen MR) is 47.2 cm³/mol. The highest BCUT2D eigenvalue weighted by atomic mass is 28.3. The van der Waals surface area contributed by atoms with Crippen LogP contribution in [-0.2, 0) is 4.74 Å². The second-order valence-electron chi connectivity index (χ2n) is 2.68. The molecule has 2 N–H and O–H groups in total. The molecule has 0 spiro atoms. The highest BCUT2D eigenvalue weighted by Crippen LogP contribution is 1.95. The fourth-order valence-electron chi connectivity index (χ4n) is 0.749. The minimum absolute atomic E-state index is 0.200. The zero-order valence-corrected chi connectivity index (χ0v) is 8.28. The fourth-order valence-corrected chi connectivity index (χ4v) is 1.51. The molecule has 0 heterocycles. The Morgan fingerprint density at radius 2 is 1.91 bits per heavy atom. The summed E-state index contributed by atoms with van der Waals surface area (Å²) in [4.78, 5) is 9.00. The smallest absolute Gasteiger partial charge is 0.169 e. The van der Waals surface area contributed by atoms with Gasteiger partial charge >= 0.3 is 0 Å². The van der Waals surface area contributed by atoms with Gasteiger partial charge in [0.05, 0.1) is 0 Å². The molecule has 0 saturated carbocycles. The van der Waals surface area contributed by atoms with E-state index < -0.39 is 9.04 Å². The van der Waals surface area contributed by atoms with Crippen molar-refractivity contribution in [3.8, 4) is 0 Å². The Bertz CT molecular complexity index is 78.1. The van der Waals surface area contributed by atoms with Gasteiger partial charge in [0, 0.05) is 19.8 Å². The molecule has 0 saturated heterocycles. The molecule has 1 unspecified atom stereocenters. The summed E-state index contributed by atoms with van der Waals surface area (Å²) in [6.07, 6.45) is 1.67. The van der Waals surface area contributed by atoms with Gasteiger partial charge in [0.25, 0.3) is 0 Å². The molecule has 0 aromatic rings. The number of aliphatic hydroxyl groups excluding tert-OH is 1. The second-order valence-corrected chi connectivity index (χ2v) is 4.96. The van der Waals surface area contributed by atoms with E-state index in [1.165, 1.54) is 0 Å². The molecular formula is C7H18O3Si. The van der Waals surface area contributed by atoms with Crippen molar-refractivity contribution < 1.29 is 14.6 Å². The molecule has 3 nitrogen and oxygen atoms in total. The van der Waals surface area contributed by atoms with E-state index in [1.807, 2.05) is 6.55 Å². The van der Waals surface area contributed by atoms with Gasteiger partial charge in [-0.25, -0.2) is 0 Å². The summed E-state index contributed by atoms with van der Waals surface area (Å²) in [6.45, 7) is 3.47. The second kappa shape index (κ2) is 8.20. The predicted octanol–water partition coefficient (Wildman–Crippen LogP) is 0.121. The van der Waals surface area contributed by atoms with Crippen LogP contribution in [0.15, 0.2) is 0 Å². The van der Waals surface area contributed by atoms with E-state index in [0.717, 1.165) is 19.1 Å². The standard InChI is InChI=1S/C7H18O3Si/c1-11(9)7-3-6-10-5-2-4-8/h8-9,11H,2-7H2,1H3. The first-order valence-corrected chi connectivity index (χ1v) is 6.62. The summed E-state index contributed by atoms with van der Waals surface area (Å²) < 4.78 is 5.18. The van der Waals surface area contributed by atoms with Crippen LogP contribution in [0.25, 0.3) is 0 Å². The van der Waals surface area contributed by atoms with Crippen LogP contribution in [0.2, 0.25) is 12.6 Å². The number of rotatable bonds is 7. The van der Waals surface area contributed by atoms with E-state index in [2.05, 4.69) is 0 Å². The average molecular weight is 178 g/mol. The molecule has 0 bridgehead atoms. The van der Waals surface area contributed by atoms with Crippen molar-refractivity contribution >= 4 is 9.04 Å². The maximum atomic E-state index is 9.00. The molecule has 68 valence electrons. The lowest BCUT2D eigenvalue weighted by Gasteiger charge is -2.03. The Kier molecular flexibility index (Phi) is 8.27. The average Bonchev–Trinajstić information content (AvgIpc) is 1.96. The van der Waals surface area contributed by atoms with Crippen LogP contribution in [-0.4, -0.2) is 38.8 Å². The highest BCUT2D eigenvalue weighted by molar-refractivity contribution is 6.48. The maximum absolute atomic E-state index is 9.00. The lowest BCUT2D eigenvalue weighted by atomic mass is 10.5. The first-order valence-electron chi connectivity index (χ1n) is 4.14. The first kappa shape index (κ1) is 11.1. The summed E-state index contributed by atoms with van der Waals surface area (Å²) in [6, 6.07) is 0.930. The van der Waals surface area contributed by atoms with Crippen molar-refractivity contribution in [2.45, 2.75) is 25.4 Å². The van der Waals surface area contributed by atoms with Crippen molar-refractivity contribution in [2.75, 3.05) is 19.8 Å². The van der Waals surface area contributed by atoms with Gasteiger partial charge in [-0.15, -0.1) is 0 Å². The molecule has 0 aromatic heterocycles. The molecule has 0 aliphatic carbocycles. The Morgan fingerprint density at radius 3 is 2.45 bits per heavy atom. The van der Waals surface area contributed by atoms with Crippen LogP contribution in [0.4, 0.5) is 0 Å². The third-order valence-corrected chi connectivity index (χ3v) is 2.60. The van der Waals surface area contributed by atoms with E-state index >= 15 is 0 Å². The Hall–Kier alpha value is 0.0969. The molecule has 0 fully saturated rings. The zero-order valence-electron chi connectivity index (χ0n) is 7.12. The summed E-state index contributed by atoms with van der Waals surface area (Å²) in [5.74, 6) is 0. The van der Waals surface area contributed by atoms with Crippen molar-refractivity contribution in [2.24, 2.45) is 0 Å². The molecule has 1 atom stereocenters. The molecular weight excluding hydrogens is 160 g/mol. The normalized spacial score (nSPS) is 13.4. The van der Waals surface area contributed by atoms with Gasteiger partial charge in [-0.2, -0.15) is 0 Å². The summed E-state index contributed by atoms with van der Waals surface area (Å²) in [7, 11) is -1.36. The van der Waals surface area contributed by atoms with Gasteiger partial charge in [0.15, 0.2) is 9.04 Å². The highest BCUT2D eigenvalue weighted by Gasteiger charge is 1.96. The minimum Gasteiger partial charge on any atom is -0.435 e. The lowest BCUT2D eigenvalue weighted by Crippen LogP contribution is -2.07. The third-order valence-electron chi connectivity index (χ3n) is 1.36. The number of hydrogen-bond acceptors (Lipinski definition) is 3. The summed E-state index contributed by atoms with van der Waals surface area (Å²) >= 11 is 0. The Labute approximate surface area is 69.7 Å². The lowest BCUT2D eigenvalue weighted by molar-refractivity contribution is 0.116. The number of ether oxygens (including phenoxy) is 1. The van der Waals surface area contributed by atoms with E-state index in [0.29, 0.717) is 13.0 Å². The fraction of sp³-hybridized carbons (Fsp3) is 1.00. The van der Waals surface area contributed by atoms with Crippen molar-refractivity contribution in [1.82, 2.24) is 0 Å². The van der Waals surface area contributed by atoms with Crippen LogP contribution >= 0.6 is 0 Å². The van der Waals surface area contributed by atoms with Gasteiger partial charge in [-0.3, -0.25) is 0 Å². The van der Waals surface area contributed by atoms with Gasteiger partial charge in [0.2, 0.25) is 0 Å². The van der Waals surface area contributed by atoms with E-state index in [1.54, 1.807) is 0 Å². The first-order chi connectivity index (χ1) is 5.27. The van der Waals surface area contributed by atoms with Crippen molar-refractivity contribution in [3.63, 3.8) is 0 Å². The third kappa shape index (κ3) is 10.1. The number of aliphatic hydroxyl groups is 1. The minimum atomic E-state index is -1.36. The van der Waals surface area contributed by atoms with Crippen molar-refractivity contribution in [3.05, 3.63) is 0 Å². The van der Waals surface area contributed by atoms with Crippen LogP contribution in [0, 0.1) is 0 Å². The Morgan fingerprint density at radius 1 is 1.27 bits per heavy atom. The summed E-state index contributed by atoms with van der Waals surface area (Å²) in [5, 5.41) is 8.40. The molecule has 0 aromatic carbocycles.